The Kier molecular flexibility index (Phi) is 6.39. The minimum Gasteiger partial charge on any atom is -0.340 e. The van der Waals surface area contributed by atoms with Crippen LogP contribution in [0.15, 0.2) is 60.5 Å². The van der Waals surface area contributed by atoms with Crippen molar-refractivity contribution in [1.82, 2.24) is 29.2 Å². The van der Waals surface area contributed by atoms with Crippen molar-refractivity contribution in [3.8, 4) is 0 Å². The van der Waals surface area contributed by atoms with Gasteiger partial charge in [0.25, 0.3) is 5.91 Å². The van der Waals surface area contributed by atoms with Gasteiger partial charge in [0.2, 0.25) is 0 Å². The second-order valence-electron chi connectivity index (χ2n) is 7.65. The van der Waals surface area contributed by atoms with Crippen LogP contribution in [0.25, 0.3) is 4.96 Å². The number of aromatic nitrogens is 4. The molecule has 4 rings (SSSR count). The Morgan fingerprint density at radius 2 is 2.00 bits per heavy atom. The quantitative estimate of drug-likeness (QED) is 0.423. The lowest BCUT2D eigenvalue weighted by molar-refractivity contribution is 0.0788. The number of imidazole rings is 1. The van der Waals surface area contributed by atoms with Gasteiger partial charge >= 0.3 is 0 Å². The van der Waals surface area contributed by atoms with Crippen molar-refractivity contribution in [2.24, 2.45) is 0 Å². The molecule has 160 valence electrons. The number of fused-ring (bicyclic) bond motifs is 1. The maximum atomic E-state index is 13.3. The molecule has 0 fully saturated rings. The standard InChI is InChI=1S/C23H26N6OS/c1-17(19-9-11-24-16-25-19)28(3)15-20-21(26-23-29(20)13-14-31-23)22(30)27(2)12-10-18-7-5-4-6-8-18/h4-9,11,13-14,16-17H,10,12,15H2,1-3H3. The molecular formula is C23H26N6OS. The number of hydrogen-bond donors (Lipinski definition) is 0. The highest BCUT2D eigenvalue weighted by molar-refractivity contribution is 7.15. The van der Waals surface area contributed by atoms with Gasteiger partial charge in [-0.15, -0.1) is 11.3 Å². The van der Waals surface area contributed by atoms with Crippen LogP contribution >= 0.6 is 11.3 Å². The van der Waals surface area contributed by atoms with Gasteiger partial charge in [-0.05, 0) is 32.0 Å². The van der Waals surface area contributed by atoms with E-state index >= 15 is 0 Å². The summed E-state index contributed by atoms with van der Waals surface area (Å²) < 4.78 is 2.02. The lowest BCUT2D eigenvalue weighted by Gasteiger charge is -2.24. The van der Waals surface area contributed by atoms with Gasteiger partial charge in [0.1, 0.15) is 6.33 Å². The zero-order valence-electron chi connectivity index (χ0n) is 18.0. The van der Waals surface area contributed by atoms with E-state index in [0.29, 0.717) is 18.8 Å². The van der Waals surface area contributed by atoms with E-state index in [9.17, 15) is 4.79 Å². The molecule has 1 unspecified atom stereocenters. The number of rotatable bonds is 8. The molecule has 0 aliphatic rings. The summed E-state index contributed by atoms with van der Waals surface area (Å²) in [5.41, 5.74) is 3.57. The van der Waals surface area contributed by atoms with Gasteiger partial charge in [-0.1, -0.05) is 30.3 Å². The fraction of sp³-hybridized carbons (Fsp3) is 0.304. The lowest BCUT2D eigenvalue weighted by atomic mass is 10.1. The molecule has 0 N–H and O–H groups in total. The number of carbonyl (C=O) groups is 1. The molecule has 4 aromatic rings. The molecule has 0 saturated heterocycles. The first-order valence-corrected chi connectivity index (χ1v) is 11.1. The molecule has 0 aliphatic heterocycles. The van der Waals surface area contributed by atoms with Crippen LogP contribution in [-0.2, 0) is 13.0 Å². The van der Waals surface area contributed by atoms with Crippen LogP contribution in [0.1, 0.15) is 40.4 Å². The van der Waals surface area contributed by atoms with Crippen molar-refractivity contribution in [3.05, 3.63) is 83.1 Å². The van der Waals surface area contributed by atoms with Crippen LogP contribution in [0, 0.1) is 0 Å². The molecular weight excluding hydrogens is 408 g/mol. The van der Waals surface area contributed by atoms with E-state index in [-0.39, 0.29) is 11.9 Å². The third-order valence-electron chi connectivity index (χ3n) is 5.58. The second-order valence-corrected chi connectivity index (χ2v) is 8.52. The Bertz CT molecular complexity index is 1140. The fourth-order valence-corrected chi connectivity index (χ4v) is 4.26. The minimum atomic E-state index is -0.0510. The first-order chi connectivity index (χ1) is 15.0. The molecule has 0 bridgehead atoms. The number of amides is 1. The topological polar surface area (TPSA) is 66.6 Å². The summed E-state index contributed by atoms with van der Waals surface area (Å²) in [6.45, 7) is 3.32. The maximum absolute atomic E-state index is 13.3. The van der Waals surface area contributed by atoms with Crippen LogP contribution in [0.4, 0.5) is 0 Å². The van der Waals surface area contributed by atoms with Crippen molar-refractivity contribution >= 4 is 22.2 Å². The number of likely N-dealkylation sites (N-methyl/N-ethyl adjacent to an activating group) is 1. The molecule has 31 heavy (non-hydrogen) atoms. The number of carbonyl (C=O) groups excluding carboxylic acids is 1. The lowest BCUT2D eigenvalue weighted by Crippen LogP contribution is -2.31. The number of nitrogens with zero attached hydrogens (tertiary/aromatic N) is 6. The minimum absolute atomic E-state index is 0.0510. The van der Waals surface area contributed by atoms with Crippen LogP contribution in [-0.4, -0.2) is 55.7 Å². The molecule has 3 heterocycles. The summed E-state index contributed by atoms with van der Waals surface area (Å²) in [4.78, 5) is 31.1. The summed E-state index contributed by atoms with van der Waals surface area (Å²) >= 11 is 1.54. The predicted octanol–water partition coefficient (Wildman–Crippen LogP) is 3.69. The van der Waals surface area contributed by atoms with Crippen molar-refractivity contribution in [2.75, 3.05) is 20.6 Å². The van der Waals surface area contributed by atoms with Gasteiger partial charge in [-0.2, -0.15) is 0 Å². The van der Waals surface area contributed by atoms with Crippen LogP contribution in [0.3, 0.4) is 0 Å². The van der Waals surface area contributed by atoms with E-state index in [0.717, 1.165) is 22.8 Å². The maximum Gasteiger partial charge on any atom is 0.274 e. The van der Waals surface area contributed by atoms with E-state index in [1.165, 1.54) is 16.9 Å². The highest BCUT2D eigenvalue weighted by atomic mass is 32.1. The normalized spacial score (nSPS) is 12.4. The third kappa shape index (κ3) is 4.65. The largest absolute Gasteiger partial charge is 0.340 e. The summed E-state index contributed by atoms with van der Waals surface area (Å²) in [6, 6.07) is 12.2. The molecule has 0 spiro atoms. The van der Waals surface area contributed by atoms with E-state index in [4.69, 9.17) is 0 Å². The van der Waals surface area contributed by atoms with Crippen LogP contribution in [0.5, 0.6) is 0 Å². The Hall–Kier alpha value is -3.10. The van der Waals surface area contributed by atoms with Crippen LogP contribution < -0.4 is 0 Å². The van der Waals surface area contributed by atoms with Gasteiger partial charge in [-0.3, -0.25) is 14.1 Å². The number of hydrogen-bond acceptors (Lipinski definition) is 6. The van der Waals surface area contributed by atoms with Gasteiger partial charge in [-0.25, -0.2) is 15.0 Å². The molecule has 3 aromatic heterocycles. The Balaban J connectivity index is 1.53. The molecule has 0 radical (unpaired) electrons. The molecule has 1 atom stereocenters. The molecule has 0 aliphatic carbocycles. The zero-order chi connectivity index (χ0) is 21.8. The Morgan fingerprint density at radius 1 is 1.19 bits per heavy atom. The zero-order valence-corrected chi connectivity index (χ0v) is 18.8. The van der Waals surface area contributed by atoms with Crippen molar-refractivity contribution in [1.29, 1.82) is 0 Å². The molecule has 7 nitrogen and oxygen atoms in total. The van der Waals surface area contributed by atoms with Crippen molar-refractivity contribution in [2.45, 2.75) is 25.9 Å². The van der Waals surface area contributed by atoms with Crippen molar-refractivity contribution < 1.29 is 4.79 Å². The summed E-state index contributed by atoms with van der Waals surface area (Å²) in [5.74, 6) is -0.0510. The first-order valence-electron chi connectivity index (χ1n) is 10.2. The van der Waals surface area contributed by atoms with E-state index < -0.39 is 0 Å². The third-order valence-corrected chi connectivity index (χ3v) is 6.34. The average Bonchev–Trinajstić information content (AvgIpc) is 3.40. The van der Waals surface area contributed by atoms with Crippen molar-refractivity contribution in [3.63, 3.8) is 0 Å². The van der Waals surface area contributed by atoms with E-state index in [2.05, 4.69) is 38.9 Å². The monoisotopic (exact) mass is 434 g/mol. The number of thiazole rings is 1. The Labute approximate surface area is 186 Å². The first kappa shape index (κ1) is 21.1. The highest BCUT2D eigenvalue weighted by Gasteiger charge is 2.25. The molecule has 0 saturated carbocycles. The second kappa shape index (κ2) is 9.36. The predicted molar refractivity (Wildman–Crippen MR) is 122 cm³/mol. The van der Waals surface area contributed by atoms with Gasteiger partial charge in [0.05, 0.1) is 11.4 Å². The SMILES string of the molecule is CC(c1ccncn1)N(C)Cc1c(C(=O)N(C)CCc2ccccc2)nc2sccn12. The summed E-state index contributed by atoms with van der Waals surface area (Å²) in [5, 5.41) is 1.99. The fourth-order valence-electron chi connectivity index (χ4n) is 3.53. The molecule has 1 aromatic carbocycles. The summed E-state index contributed by atoms with van der Waals surface area (Å²) in [6.07, 6.45) is 6.10. The summed E-state index contributed by atoms with van der Waals surface area (Å²) in [7, 11) is 3.88. The van der Waals surface area contributed by atoms with Gasteiger partial charge in [0, 0.05) is 44.0 Å². The van der Waals surface area contributed by atoms with E-state index in [1.54, 1.807) is 17.4 Å². The van der Waals surface area contributed by atoms with Crippen LogP contribution in [0.2, 0.25) is 0 Å². The smallest absolute Gasteiger partial charge is 0.274 e. The van der Waals surface area contributed by atoms with Gasteiger partial charge < -0.3 is 4.90 Å². The average molecular weight is 435 g/mol. The van der Waals surface area contributed by atoms with E-state index in [1.807, 2.05) is 54.3 Å². The van der Waals surface area contributed by atoms with Gasteiger partial charge in [0.15, 0.2) is 10.7 Å². The molecule has 1 amide bonds. The molecule has 8 heteroatoms. The Morgan fingerprint density at radius 3 is 2.74 bits per heavy atom. The highest BCUT2D eigenvalue weighted by Crippen LogP contribution is 2.24. The number of benzene rings is 1.